The van der Waals surface area contributed by atoms with E-state index in [2.05, 4.69) is 17.0 Å². The Labute approximate surface area is 185 Å². The van der Waals surface area contributed by atoms with Gasteiger partial charge in [-0.25, -0.2) is 13.1 Å². The summed E-state index contributed by atoms with van der Waals surface area (Å²) in [6, 6.07) is 12.2. The van der Waals surface area contributed by atoms with Gasteiger partial charge in [0.2, 0.25) is 10.0 Å². The quantitative estimate of drug-likeness (QED) is 0.576. The van der Waals surface area contributed by atoms with E-state index in [1.54, 1.807) is 6.07 Å². The fourth-order valence-corrected chi connectivity index (χ4v) is 5.37. The molecule has 1 fully saturated rings. The molecule has 31 heavy (non-hydrogen) atoms. The van der Waals surface area contributed by atoms with Crippen molar-refractivity contribution in [1.29, 1.82) is 0 Å². The molecule has 0 radical (unpaired) electrons. The van der Waals surface area contributed by atoms with E-state index in [0.29, 0.717) is 5.69 Å². The maximum Gasteiger partial charge on any atom is 0.255 e. The Kier molecular flexibility index (Phi) is 8.09. The van der Waals surface area contributed by atoms with Gasteiger partial charge in [0, 0.05) is 17.3 Å². The van der Waals surface area contributed by atoms with Gasteiger partial charge in [0.1, 0.15) is 10.6 Å². The number of nitrogens with one attached hydrogen (secondary N) is 2. The van der Waals surface area contributed by atoms with Crippen molar-refractivity contribution in [1.82, 2.24) is 4.72 Å². The summed E-state index contributed by atoms with van der Waals surface area (Å²) >= 11 is 0. The minimum absolute atomic E-state index is 0.0110. The number of rotatable bonds is 9. The number of hydrogen-bond acceptors (Lipinski definition) is 4. The molecule has 1 aliphatic carbocycles. The van der Waals surface area contributed by atoms with Gasteiger partial charge in [-0.15, -0.1) is 0 Å². The molecule has 1 amide bonds. The van der Waals surface area contributed by atoms with E-state index in [1.165, 1.54) is 24.8 Å². The summed E-state index contributed by atoms with van der Waals surface area (Å²) in [5.74, 6) is -0.141. The number of methoxy groups -OCH3 is 1. The fourth-order valence-electron chi connectivity index (χ4n) is 3.87. The summed E-state index contributed by atoms with van der Waals surface area (Å²) in [7, 11) is -2.38. The van der Waals surface area contributed by atoms with Gasteiger partial charge in [0.15, 0.2) is 0 Å². The zero-order chi connectivity index (χ0) is 22.3. The number of hydrogen-bond donors (Lipinski definition) is 2. The van der Waals surface area contributed by atoms with Gasteiger partial charge in [-0.1, -0.05) is 44.7 Å². The molecule has 0 bridgehead atoms. The topological polar surface area (TPSA) is 84.5 Å². The van der Waals surface area contributed by atoms with E-state index >= 15 is 0 Å². The summed E-state index contributed by atoms with van der Waals surface area (Å²) < 4.78 is 34.1. The van der Waals surface area contributed by atoms with Crippen LogP contribution in [0.4, 0.5) is 5.69 Å². The van der Waals surface area contributed by atoms with Crippen LogP contribution in [0.1, 0.15) is 67.8 Å². The Morgan fingerprint density at radius 1 is 1.06 bits per heavy atom. The molecule has 2 aromatic carbocycles. The molecule has 1 aliphatic rings. The van der Waals surface area contributed by atoms with E-state index in [1.807, 2.05) is 24.3 Å². The Hall–Kier alpha value is -2.38. The van der Waals surface area contributed by atoms with Crippen LogP contribution in [0.3, 0.4) is 0 Å². The Morgan fingerprint density at radius 3 is 2.42 bits per heavy atom. The van der Waals surface area contributed by atoms with Crippen LogP contribution < -0.4 is 14.8 Å². The average Bonchev–Trinajstić information content (AvgIpc) is 2.78. The van der Waals surface area contributed by atoms with E-state index in [4.69, 9.17) is 4.74 Å². The van der Waals surface area contributed by atoms with Crippen LogP contribution in [0, 0.1) is 0 Å². The molecular weight excluding hydrogens is 412 g/mol. The molecule has 0 atom stereocenters. The highest BCUT2D eigenvalue weighted by Gasteiger charge is 2.26. The van der Waals surface area contributed by atoms with Gasteiger partial charge in [0.05, 0.1) is 7.11 Å². The minimum atomic E-state index is -3.80. The van der Waals surface area contributed by atoms with E-state index in [-0.39, 0.29) is 28.2 Å². The molecule has 0 saturated heterocycles. The van der Waals surface area contributed by atoms with Crippen LogP contribution >= 0.6 is 0 Å². The predicted octanol–water partition coefficient (Wildman–Crippen LogP) is 4.90. The van der Waals surface area contributed by atoms with Gasteiger partial charge in [-0.2, -0.15) is 0 Å². The lowest BCUT2D eigenvalue weighted by Gasteiger charge is -2.23. The second-order valence-electron chi connectivity index (χ2n) is 8.08. The number of anilines is 1. The molecular formula is C24H32N2O4S. The Bertz CT molecular complexity index is 981. The van der Waals surface area contributed by atoms with Gasteiger partial charge >= 0.3 is 0 Å². The highest BCUT2D eigenvalue weighted by Crippen LogP contribution is 2.27. The zero-order valence-electron chi connectivity index (χ0n) is 18.3. The standard InChI is InChI=1S/C24H32N2O4S/c1-3-4-8-18-11-14-20(15-12-18)25-24(27)19-13-16-22(30-2)23(17-19)31(28,29)26-21-9-6-5-7-10-21/h11-17,21,26H,3-10H2,1-2H3,(H,25,27). The van der Waals surface area contributed by atoms with Gasteiger partial charge in [-0.05, 0) is 61.6 Å². The van der Waals surface area contributed by atoms with Crippen LogP contribution in [-0.4, -0.2) is 27.5 Å². The molecule has 0 aromatic heterocycles. The second-order valence-corrected chi connectivity index (χ2v) is 9.76. The first kappa shape index (κ1) is 23.3. The normalized spacial score (nSPS) is 14.9. The molecule has 6 nitrogen and oxygen atoms in total. The van der Waals surface area contributed by atoms with Gasteiger partial charge in [0.25, 0.3) is 5.91 Å². The van der Waals surface area contributed by atoms with E-state index in [9.17, 15) is 13.2 Å². The first-order valence-corrected chi connectivity index (χ1v) is 12.5. The van der Waals surface area contributed by atoms with Crippen LogP contribution in [0.5, 0.6) is 5.75 Å². The van der Waals surface area contributed by atoms with Crippen LogP contribution in [-0.2, 0) is 16.4 Å². The third-order valence-corrected chi connectivity index (χ3v) is 7.21. The highest BCUT2D eigenvalue weighted by atomic mass is 32.2. The molecule has 7 heteroatoms. The van der Waals surface area contributed by atoms with Crippen LogP contribution in [0.25, 0.3) is 0 Å². The van der Waals surface area contributed by atoms with Crippen LogP contribution in [0.2, 0.25) is 0 Å². The third kappa shape index (κ3) is 6.31. The molecule has 168 valence electrons. The largest absolute Gasteiger partial charge is 0.495 e. The summed E-state index contributed by atoms with van der Waals surface area (Å²) in [4.78, 5) is 12.8. The number of benzene rings is 2. The lowest BCUT2D eigenvalue weighted by atomic mass is 9.96. The first-order chi connectivity index (χ1) is 14.9. The minimum Gasteiger partial charge on any atom is -0.495 e. The first-order valence-electron chi connectivity index (χ1n) is 11.0. The van der Waals surface area contributed by atoms with Crippen molar-refractivity contribution in [2.75, 3.05) is 12.4 Å². The zero-order valence-corrected chi connectivity index (χ0v) is 19.1. The summed E-state index contributed by atoms with van der Waals surface area (Å²) in [5.41, 5.74) is 2.16. The molecule has 2 aromatic rings. The maximum absolute atomic E-state index is 13.0. The monoisotopic (exact) mass is 444 g/mol. The summed E-state index contributed by atoms with van der Waals surface area (Å²) in [6.45, 7) is 2.16. The number of aryl methyl sites for hydroxylation is 1. The molecule has 3 rings (SSSR count). The summed E-state index contributed by atoms with van der Waals surface area (Å²) in [5, 5.41) is 2.84. The number of carbonyl (C=O) groups is 1. The van der Waals surface area contributed by atoms with Gasteiger partial charge in [-0.3, -0.25) is 4.79 Å². The van der Waals surface area contributed by atoms with Crippen molar-refractivity contribution in [2.45, 2.75) is 69.2 Å². The van der Waals surface area contributed by atoms with E-state index in [0.717, 1.165) is 51.4 Å². The molecule has 0 aliphatic heterocycles. The number of amides is 1. The lowest BCUT2D eigenvalue weighted by Crippen LogP contribution is -2.36. The molecule has 0 heterocycles. The Balaban J connectivity index is 1.76. The smallest absolute Gasteiger partial charge is 0.255 e. The van der Waals surface area contributed by atoms with Crippen molar-refractivity contribution in [2.24, 2.45) is 0 Å². The van der Waals surface area contributed by atoms with Crippen molar-refractivity contribution in [3.63, 3.8) is 0 Å². The molecule has 0 spiro atoms. The Morgan fingerprint density at radius 2 is 1.77 bits per heavy atom. The van der Waals surface area contributed by atoms with Gasteiger partial charge < -0.3 is 10.1 Å². The SMILES string of the molecule is CCCCc1ccc(NC(=O)c2ccc(OC)c(S(=O)(=O)NC3CCCCC3)c2)cc1. The number of ether oxygens (including phenoxy) is 1. The van der Waals surface area contributed by atoms with Crippen LogP contribution in [0.15, 0.2) is 47.4 Å². The number of sulfonamides is 1. The highest BCUT2D eigenvalue weighted by molar-refractivity contribution is 7.89. The van der Waals surface area contributed by atoms with Crippen molar-refractivity contribution >= 4 is 21.6 Å². The lowest BCUT2D eigenvalue weighted by molar-refractivity contribution is 0.102. The summed E-state index contributed by atoms with van der Waals surface area (Å²) in [6.07, 6.45) is 8.11. The number of carbonyl (C=O) groups excluding carboxylic acids is 1. The molecule has 1 saturated carbocycles. The number of unbranched alkanes of at least 4 members (excludes halogenated alkanes) is 1. The fraction of sp³-hybridized carbons (Fsp3) is 0.458. The average molecular weight is 445 g/mol. The predicted molar refractivity (Wildman–Crippen MR) is 123 cm³/mol. The van der Waals surface area contributed by atoms with Crippen molar-refractivity contribution < 1.29 is 17.9 Å². The molecule has 0 unspecified atom stereocenters. The molecule has 2 N–H and O–H groups in total. The van der Waals surface area contributed by atoms with Crippen molar-refractivity contribution in [3.05, 3.63) is 53.6 Å². The van der Waals surface area contributed by atoms with Crippen molar-refractivity contribution in [3.8, 4) is 5.75 Å². The maximum atomic E-state index is 13.0. The van der Waals surface area contributed by atoms with E-state index < -0.39 is 10.0 Å². The third-order valence-electron chi connectivity index (χ3n) is 5.67. The second kappa shape index (κ2) is 10.8.